The number of carbonyl (C=O) groups is 1. The Morgan fingerprint density at radius 2 is 1.93 bits per heavy atom. The summed E-state index contributed by atoms with van der Waals surface area (Å²) in [5.74, 6) is -0.119. The molecule has 1 aliphatic heterocycles. The van der Waals surface area contributed by atoms with Gasteiger partial charge < -0.3 is 14.5 Å². The predicted octanol–water partition coefficient (Wildman–Crippen LogP) is 6.23. The smallest absolute Gasteiger partial charge is 0.390 e. The van der Waals surface area contributed by atoms with E-state index in [0.717, 1.165) is 5.69 Å². The average molecular weight is 652 g/mol. The van der Waals surface area contributed by atoms with Crippen molar-refractivity contribution in [2.75, 3.05) is 18.0 Å². The fourth-order valence-corrected chi connectivity index (χ4v) is 7.20. The standard InChI is InChI=1S/C30H27ClF5N5O4/c31-22-2-1-16(26-38-27(45-39-26)18-6-20(7-18)44-30(34,35)36)5-17(22)8-24(42)21-11-37-41-4-3-19(9-23(21)41)40-14-28(15-40)12-29(43,13-28)10-25(32)33/h1-5,9,11,18,20,25,43H,6-8,10,12-15H2. The molecule has 45 heavy (non-hydrogen) atoms. The number of ketones is 1. The van der Waals surface area contributed by atoms with Gasteiger partial charge in [0.05, 0.1) is 29.0 Å². The number of Topliss-reactive ketones (excluding diaryl/α,β-unsaturated/α-hetero) is 1. The maximum Gasteiger partial charge on any atom is 0.522 e. The summed E-state index contributed by atoms with van der Waals surface area (Å²) >= 11 is 6.44. The van der Waals surface area contributed by atoms with E-state index in [4.69, 9.17) is 16.1 Å². The van der Waals surface area contributed by atoms with Gasteiger partial charge in [-0.2, -0.15) is 10.1 Å². The maximum atomic E-state index is 13.5. The maximum absolute atomic E-state index is 13.5. The van der Waals surface area contributed by atoms with Gasteiger partial charge in [0.2, 0.25) is 18.1 Å². The molecule has 0 atom stereocenters. The van der Waals surface area contributed by atoms with E-state index in [0.29, 0.717) is 53.2 Å². The van der Waals surface area contributed by atoms with Gasteiger partial charge in [0.1, 0.15) is 0 Å². The Morgan fingerprint density at radius 1 is 1.18 bits per heavy atom. The highest BCUT2D eigenvalue weighted by molar-refractivity contribution is 6.31. The first-order chi connectivity index (χ1) is 21.3. The van der Waals surface area contributed by atoms with Crippen LogP contribution in [0.2, 0.25) is 5.02 Å². The molecule has 3 aliphatic rings. The monoisotopic (exact) mass is 651 g/mol. The summed E-state index contributed by atoms with van der Waals surface area (Å²) in [6.07, 6.45) is -4.54. The van der Waals surface area contributed by atoms with Crippen LogP contribution in [0.4, 0.5) is 27.6 Å². The molecule has 3 fully saturated rings. The van der Waals surface area contributed by atoms with Crippen LogP contribution in [0.25, 0.3) is 16.9 Å². The number of anilines is 1. The van der Waals surface area contributed by atoms with Crippen molar-refractivity contribution in [3.05, 3.63) is 64.8 Å². The normalized spacial score (nSPS) is 22.0. The summed E-state index contributed by atoms with van der Waals surface area (Å²) in [4.78, 5) is 19.9. The predicted molar refractivity (Wildman–Crippen MR) is 150 cm³/mol. The summed E-state index contributed by atoms with van der Waals surface area (Å²) < 4.78 is 73.8. The molecule has 2 aliphatic carbocycles. The molecule has 1 N–H and O–H groups in total. The average Bonchev–Trinajstić information content (AvgIpc) is 3.55. The molecule has 4 heterocycles. The zero-order valence-corrected chi connectivity index (χ0v) is 24.4. The molecule has 0 radical (unpaired) electrons. The van der Waals surface area contributed by atoms with E-state index in [1.54, 1.807) is 28.9 Å². The summed E-state index contributed by atoms with van der Waals surface area (Å²) in [6, 6.07) is 8.69. The molecular formula is C30H27ClF5N5O4. The molecule has 0 bridgehead atoms. The van der Waals surface area contributed by atoms with Crippen molar-refractivity contribution >= 4 is 28.6 Å². The second kappa shape index (κ2) is 10.7. The number of ether oxygens (including phenoxy) is 1. The Hall–Kier alpha value is -3.62. The number of pyridine rings is 1. The number of carbonyl (C=O) groups excluding carboxylic acids is 1. The molecule has 3 aromatic heterocycles. The highest BCUT2D eigenvalue weighted by Crippen LogP contribution is 2.56. The third-order valence-electron chi connectivity index (χ3n) is 9.01. The lowest BCUT2D eigenvalue weighted by atomic mass is 9.54. The molecule has 4 aromatic rings. The SMILES string of the molecule is O=C(Cc1cc(-c2noc(C3CC(OC(F)(F)F)C3)n2)ccc1Cl)c1cnn2ccc(N3CC4(C3)CC(O)(CC(F)F)C4)cc12. The summed E-state index contributed by atoms with van der Waals surface area (Å²) in [6.45, 7) is 1.27. The van der Waals surface area contributed by atoms with Crippen molar-refractivity contribution < 1.29 is 41.1 Å². The van der Waals surface area contributed by atoms with E-state index in [-0.39, 0.29) is 48.1 Å². The molecule has 9 nitrogen and oxygen atoms in total. The first kappa shape index (κ1) is 30.1. The van der Waals surface area contributed by atoms with E-state index >= 15 is 0 Å². The van der Waals surface area contributed by atoms with E-state index in [1.165, 1.54) is 6.20 Å². The number of fused-ring (bicyclic) bond motifs is 1. The highest BCUT2D eigenvalue weighted by Gasteiger charge is 2.60. The van der Waals surface area contributed by atoms with E-state index in [2.05, 4.69) is 24.9 Å². The molecule has 0 amide bonds. The van der Waals surface area contributed by atoms with Crippen molar-refractivity contribution in [1.82, 2.24) is 19.8 Å². The van der Waals surface area contributed by atoms with E-state index < -0.39 is 30.9 Å². The minimum atomic E-state index is -4.69. The van der Waals surface area contributed by atoms with Crippen LogP contribution >= 0.6 is 11.6 Å². The number of benzene rings is 1. The third-order valence-corrected chi connectivity index (χ3v) is 9.38. The zero-order chi connectivity index (χ0) is 31.7. The van der Waals surface area contributed by atoms with Crippen LogP contribution < -0.4 is 4.90 Å². The van der Waals surface area contributed by atoms with Crippen molar-refractivity contribution in [1.29, 1.82) is 0 Å². The molecule has 1 saturated heterocycles. The minimum absolute atomic E-state index is 0.0441. The Balaban J connectivity index is 1.02. The first-order valence-electron chi connectivity index (χ1n) is 14.4. The lowest BCUT2D eigenvalue weighted by molar-refractivity contribution is -0.352. The number of hydrogen-bond donors (Lipinski definition) is 1. The van der Waals surface area contributed by atoms with Gasteiger partial charge in [0.25, 0.3) is 0 Å². The Labute approximate surface area is 257 Å². The lowest BCUT2D eigenvalue weighted by Gasteiger charge is -2.63. The number of aromatic nitrogens is 4. The first-order valence-corrected chi connectivity index (χ1v) is 14.8. The zero-order valence-electron chi connectivity index (χ0n) is 23.6. The van der Waals surface area contributed by atoms with Gasteiger partial charge in [-0.25, -0.2) is 13.3 Å². The molecule has 1 spiro atoms. The summed E-state index contributed by atoms with van der Waals surface area (Å²) in [7, 11) is 0. The third kappa shape index (κ3) is 5.90. The molecule has 15 heteroatoms. The van der Waals surface area contributed by atoms with Crippen LogP contribution in [0.3, 0.4) is 0 Å². The minimum Gasteiger partial charge on any atom is -0.390 e. The van der Waals surface area contributed by atoms with E-state index in [1.807, 2.05) is 12.1 Å². The molecule has 7 rings (SSSR count). The number of hydrogen-bond acceptors (Lipinski definition) is 8. The van der Waals surface area contributed by atoms with Crippen LogP contribution in [0.5, 0.6) is 0 Å². The molecule has 1 aromatic carbocycles. The van der Waals surface area contributed by atoms with Crippen molar-refractivity contribution in [3.63, 3.8) is 0 Å². The number of rotatable bonds is 9. The Morgan fingerprint density at radius 3 is 2.64 bits per heavy atom. The van der Waals surface area contributed by atoms with Gasteiger partial charge in [-0.15, -0.1) is 13.2 Å². The number of aliphatic hydroxyl groups is 1. The van der Waals surface area contributed by atoms with Crippen molar-refractivity contribution in [2.24, 2.45) is 5.41 Å². The largest absolute Gasteiger partial charge is 0.522 e. The van der Waals surface area contributed by atoms with Gasteiger partial charge in [-0.3, -0.25) is 9.53 Å². The van der Waals surface area contributed by atoms with Crippen LogP contribution in [0.1, 0.15) is 59.8 Å². The second-order valence-corrected chi connectivity index (χ2v) is 12.9. The van der Waals surface area contributed by atoms with Crippen molar-refractivity contribution in [2.45, 2.75) is 68.9 Å². The molecule has 2 saturated carbocycles. The second-order valence-electron chi connectivity index (χ2n) is 12.5. The molecular weight excluding hydrogens is 625 g/mol. The van der Waals surface area contributed by atoms with Crippen LogP contribution in [-0.2, 0) is 11.2 Å². The van der Waals surface area contributed by atoms with E-state index in [9.17, 15) is 31.9 Å². The van der Waals surface area contributed by atoms with Crippen molar-refractivity contribution in [3.8, 4) is 11.4 Å². The van der Waals surface area contributed by atoms with Gasteiger partial charge in [0.15, 0.2) is 5.78 Å². The summed E-state index contributed by atoms with van der Waals surface area (Å²) in [5.41, 5.74) is 1.45. The van der Waals surface area contributed by atoms with Crippen LogP contribution in [-0.4, -0.2) is 68.2 Å². The topological polar surface area (TPSA) is 106 Å². The van der Waals surface area contributed by atoms with Gasteiger partial charge >= 0.3 is 6.36 Å². The number of nitrogens with zero attached hydrogens (tertiary/aromatic N) is 5. The number of alkyl halides is 5. The highest BCUT2D eigenvalue weighted by atomic mass is 35.5. The number of halogens is 6. The summed E-state index contributed by atoms with van der Waals surface area (Å²) in [5, 5.41) is 19.0. The Kier molecular flexibility index (Phi) is 7.17. The van der Waals surface area contributed by atoms with Gasteiger partial charge in [0, 0.05) is 59.7 Å². The molecule has 238 valence electrons. The fraction of sp³-hybridized carbons (Fsp3) is 0.467. The van der Waals surface area contributed by atoms with Gasteiger partial charge in [-0.05, 0) is 61.6 Å². The quantitative estimate of drug-likeness (QED) is 0.168. The van der Waals surface area contributed by atoms with Crippen LogP contribution in [0.15, 0.2) is 47.2 Å². The van der Waals surface area contributed by atoms with Gasteiger partial charge in [-0.1, -0.05) is 16.8 Å². The van der Waals surface area contributed by atoms with Crippen LogP contribution in [0, 0.1) is 5.41 Å². The fourth-order valence-electron chi connectivity index (χ4n) is 7.01. The Bertz CT molecular complexity index is 1750. The lowest BCUT2D eigenvalue weighted by Crippen LogP contribution is -2.68. The molecule has 0 unspecified atom stereocenters.